The van der Waals surface area contributed by atoms with E-state index < -0.39 is 0 Å². The van der Waals surface area contributed by atoms with Crippen molar-refractivity contribution in [1.29, 1.82) is 0 Å². The molecule has 0 radical (unpaired) electrons. The quantitative estimate of drug-likeness (QED) is 0.531. The van der Waals surface area contributed by atoms with Gasteiger partial charge in [0.1, 0.15) is 0 Å². The van der Waals surface area contributed by atoms with Crippen LogP contribution in [0.15, 0.2) is 0 Å². The Morgan fingerprint density at radius 2 is 2.27 bits per heavy atom. The lowest BCUT2D eigenvalue weighted by Crippen LogP contribution is -2.13. The number of hydrogen-bond acceptors (Lipinski definition) is 0. The summed E-state index contributed by atoms with van der Waals surface area (Å²) < 4.78 is 0. The topological polar surface area (TPSA) is 0 Å². The van der Waals surface area contributed by atoms with E-state index in [1.165, 1.54) is 19.3 Å². The van der Waals surface area contributed by atoms with Gasteiger partial charge < -0.3 is 0 Å². The van der Waals surface area contributed by atoms with E-state index >= 15 is 0 Å². The minimum absolute atomic E-state index is 0.748. The van der Waals surface area contributed by atoms with Crippen LogP contribution in [-0.2, 0) is 0 Å². The third-order valence-electron chi connectivity index (χ3n) is 3.10. The Labute approximate surface area is 70.4 Å². The van der Waals surface area contributed by atoms with Gasteiger partial charge in [0.25, 0.3) is 0 Å². The zero-order valence-corrected chi connectivity index (χ0v) is 7.64. The van der Waals surface area contributed by atoms with Gasteiger partial charge in [-0.05, 0) is 24.2 Å². The highest BCUT2D eigenvalue weighted by molar-refractivity contribution is 4.89. The van der Waals surface area contributed by atoms with Gasteiger partial charge in [-0.1, -0.05) is 26.7 Å². The van der Waals surface area contributed by atoms with Gasteiger partial charge in [0.2, 0.25) is 0 Å². The summed E-state index contributed by atoms with van der Waals surface area (Å²) in [7, 11) is 0. The van der Waals surface area contributed by atoms with Crippen molar-refractivity contribution >= 4 is 0 Å². The minimum atomic E-state index is 0.748. The molecule has 0 aromatic rings. The van der Waals surface area contributed by atoms with Gasteiger partial charge >= 0.3 is 0 Å². The monoisotopic (exact) mass is 150 g/mol. The van der Waals surface area contributed by atoms with Gasteiger partial charge in [0, 0.05) is 6.42 Å². The average Bonchev–Trinajstić information content (AvgIpc) is 2.36. The zero-order valence-electron chi connectivity index (χ0n) is 7.64. The first-order valence-corrected chi connectivity index (χ1v) is 4.69. The van der Waals surface area contributed by atoms with Crippen LogP contribution in [-0.4, -0.2) is 0 Å². The second kappa shape index (κ2) is 3.81. The summed E-state index contributed by atoms with van der Waals surface area (Å²) in [6, 6.07) is 0. The molecule has 1 aliphatic rings. The van der Waals surface area contributed by atoms with Crippen LogP contribution in [0.1, 0.15) is 39.5 Å². The number of terminal acetylenes is 1. The second-order valence-corrected chi connectivity index (χ2v) is 3.96. The largest absolute Gasteiger partial charge is 0.120 e. The van der Waals surface area contributed by atoms with Crippen molar-refractivity contribution in [3.8, 4) is 12.3 Å². The molecule has 0 nitrogen and oxygen atoms in total. The lowest BCUT2D eigenvalue weighted by atomic mass is 9.84. The fourth-order valence-electron chi connectivity index (χ4n) is 2.36. The van der Waals surface area contributed by atoms with Crippen LogP contribution in [0.4, 0.5) is 0 Å². The predicted octanol–water partition coefficient (Wildman–Crippen LogP) is 3.08. The molecule has 3 unspecified atom stereocenters. The highest BCUT2D eigenvalue weighted by atomic mass is 14.3. The van der Waals surface area contributed by atoms with Crippen molar-refractivity contribution in [1.82, 2.24) is 0 Å². The molecule has 0 N–H and O–H groups in total. The molecule has 0 aromatic heterocycles. The molecule has 3 atom stereocenters. The molecule has 11 heavy (non-hydrogen) atoms. The molecule has 0 aliphatic heterocycles. The van der Waals surface area contributed by atoms with Gasteiger partial charge in [-0.15, -0.1) is 12.3 Å². The third-order valence-corrected chi connectivity index (χ3v) is 3.10. The first kappa shape index (κ1) is 8.65. The SMILES string of the molecule is C#CCC(C)C1CCCC1C. The van der Waals surface area contributed by atoms with Crippen molar-refractivity contribution < 1.29 is 0 Å². The average molecular weight is 150 g/mol. The maximum atomic E-state index is 5.29. The first-order chi connectivity index (χ1) is 5.25. The highest BCUT2D eigenvalue weighted by Gasteiger charge is 2.27. The van der Waals surface area contributed by atoms with Crippen molar-refractivity contribution in [3.63, 3.8) is 0 Å². The van der Waals surface area contributed by atoms with Crippen LogP contribution < -0.4 is 0 Å². The summed E-state index contributed by atoms with van der Waals surface area (Å²) in [5, 5.41) is 0. The predicted molar refractivity (Wildman–Crippen MR) is 49.1 cm³/mol. The van der Waals surface area contributed by atoms with Gasteiger partial charge in [-0.2, -0.15) is 0 Å². The Morgan fingerprint density at radius 1 is 1.55 bits per heavy atom. The Balaban J connectivity index is 2.40. The normalized spacial score (nSPS) is 33.2. The van der Waals surface area contributed by atoms with E-state index in [0.29, 0.717) is 0 Å². The van der Waals surface area contributed by atoms with Crippen LogP contribution in [0.5, 0.6) is 0 Å². The van der Waals surface area contributed by atoms with Gasteiger partial charge in [0.05, 0.1) is 0 Å². The molecule has 1 saturated carbocycles. The van der Waals surface area contributed by atoms with Crippen molar-refractivity contribution in [3.05, 3.63) is 0 Å². The van der Waals surface area contributed by atoms with Gasteiger partial charge in [-0.3, -0.25) is 0 Å². The molecule has 1 fully saturated rings. The molecule has 0 heteroatoms. The number of rotatable bonds is 2. The van der Waals surface area contributed by atoms with E-state index in [9.17, 15) is 0 Å². The fraction of sp³-hybridized carbons (Fsp3) is 0.818. The molecule has 1 aliphatic carbocycles. The second-order valence-electron chi connectivity index (χ2n) is 3.96. The molecule has 0 spiro atoms. The lowest BCUT2D eigenvalue weighted by molar-refractivity contribution is 0.299. The maximum Gasteiger partial charge on any atom is 0.0114 e. The Bertz CT molecular complexity index is 152. The van der Waals surface area contributed by atoms with Crippen molar-refractivity contribution in [2.75, 3.05) is 0 Å². The summed E-state index contributed by atoms with van der Waals surface area (Å²) in [6.45, 7) is 4.66. The van der Waals surface area contributed by atoms with Crippen LogP contribution in [0.2, 0.25) is 0 Å². The smallest absolute Gasteiger partial charge is 0.0114 e. The van der Waals surface area contributed by atoms with Crippen LogP contribution >= 0.6 is 0 Å². The van der Waals surface area contributed by atoms with Crippen LogP contribution in [0.3, 0.4) is 0 Å². The van der Waals surface area contributed by atoms with Crippen molar-refractivity contribution in [2.45, 2.75) is 39.5 Å². The van der Waals surface area contributed by atoms with Crippen LogP contribution in [0.25, 0.3) is 0 Å². The Morgan fingerprint density at radius 3 is 2.73 bits per heavy atom. The molecular weight excluding hydrogens is 132 g/mol. The Hall–Kier alpha value is -0.440. The third kappa shape index (κ3) is 1.99. The molecule has 0 saturated heterocycles. The summed E-state index contributed by atoms with van der Waals surface area (Å²) >= 11 is 0. The first-order valence-electron chi connectivity index (χ1n) is 4.69. The van der Waals surface area contributed by atoms with E-state index in [1.807, 2.05) is 0 Å². The van der Waals surface area contributed by atoms with E-state index in [4.69, 9.17) is 6.42 Å². The molecule has 62 valence electrons. The zero-order chi connectivity index (χ0) is 8.27. The summed E-state index contributed by atoms with van der Waals surface area (Å²) in [6.07, 6.45) is 10.5. The maximum absolute atomic E-state index is 5.29. The highest BCUT2D eigenvalue weighted by Crippen LogP contribution is 2.37. The van der Waals surface area contributed by atoms with Gasteiger partial charge in [-0.25, -0.2) is 0 Å². The fourth-order valence-corrected chi connectivity index (χ4v) is 2.36. The van der Waals surface area contributed by atoms with E-state index in [2.05, 4.69) is 19.8 Å². The minimum Gasteiger partial charge on any atom is -0.120 e. The van der Waals surface area contributed by atoms with E-state index in [0.717, 1.165) is 24.2 Å². The van der Waals surface area contributed by atoms with Gasteiger partial charge in [0.15, 0.2) is 0 Å². The molecule has 0 amide bonds. The Kier molecular flexibility index (Phi) is 3.00. The molecule has 0 heterocycles. The van der Waals surface area contributed by atoms with E-state index in [-0.39, 0.29) is 0 Å². The molecule has 0 bridgehead atoms. The lowest BCUT2D eigenvalue weighted by Gasteiger charge is -2.21. The van der Waals surface area contributed by atoms with Crippen LogP contribution in [0, 0.1) is 30.1 Å². The summed E-state index contributed by atoms with van der Waals surface area (Å²) in [5.41, 5.74) is 0. The molecule has 0 aromatic carbocycles. The molecule has 1 rings (SSSR count). The summed E-state index contributed by atoms with van der Waals surface area (Å²) in [4.78, 5) is 0. The molecular formula is C11H18. The number of hydrogen-bond donors (Lipinski definition) is 0. The van der Waals surface area contributed by atoms with E-state index in [1.54, 1.807) is 0 Å². The summed E-state index contributed by atoms with van der Waals surface area (Å²) in [5.74, 6) is 5.34. The van der Waals surface area contributed by atoms with Crippen molar-refractivity contribution in [2.24, 2.45) is 17.8 Å². The standard InChI is InChI=1S/C11H18/c1-4-6-9(2)11-8-5-7-10(11)3/h1,9-11H,5-8H2,2-3H3.